The first kappa shape index (κ1) is 17.0. The molecular formula is C19H22ClNO3. The first-order chi connectivity index (χ1) is 11.4. The summed E-state index contributed by atoms with van der Waals surface area (Å²) in [5, 5.41) is 2.77. The fraction of sp³-hybridized carbons (Fsp3) is 0.474. The fourth-order valence-corrected chi connectivity index (χ4v) is 3.95. The van der Waals surface area contributed by atoms with Gasteiger partial charge in [-0.15, -0.1) is 0 Å². The maximum absolute atomic E-state index is 11.9. The van der Waals surface area contributed by atoms with Crippen LogP contribution in [-0.2, 0) is 4.74 Å². The van der Waals surface area contributed by atoms with Gasteiger partial charge in [0, 0.05) is 17.0 Å². The number of carbonyl (C=O) groups is 2. The topological polar surface area (TPSA) is 55.4 Å². The van der Waals surface area contributed by atoms with Crippen molar-refractivity contribution in [2.45, 2.75) is 33.1 Å². The van der Waals surface area contributed by atoms with E-state index < -0.39 is 12.0 Å². The summed E-state index contributed by atoms with van der Waals surface area (Å²) in [6.07, 6.45) is 4.70. The van der Waals surface area contributed by atoms with Gasteiger partial charge in [-0.2, -0.15) is 0 Å². The summed E-state index contributed by atoms with van der Waals surface area (Å²) in [7, 11) is 0. The van der Waals surface area contributed by atoms with E-state index in [1.807, 2.05) is 0 Å². The van der Waals surface area contributed by atoms with Crippen LogP contribution in [0.25, 0.3) is 0 Å². The summed E-state index contributed by atoms with van der Waals surface area (Å²) >= 11 is 5.77. The first-order valence-corrected chi connectivity index (χ1v) is 8.68. The van der Waals surface area contributed by atoms with E-state index in [0.29, 0.717) is 28.5 Å². The Hall–Kier alpha value is -1.81. The fourth-order valence-electron chi connectivity index (χ4n) is 3.82. The Labute approximate surface area is 147 Å². The molecule has 4 nitrogen and oxygen atoms in total. The van der Waals surface area contributed by atoms with Crippen molar-refractivity contribution in [1.82, 2.24) is 5.32 Å². The van der Waals surface area contributed by atoms with Crippen LogP contribution in [-0.4, -0.2) is 18.6 Å². The molecule has 0 radical (unpaired) electrons. The molecule has 3 aliphatic rings. The van der Waals surface area contributed by atoms with Crippen LogP contribution in [0.15, 0.2) is 35.9 Å². The van der Waals surface area contributed by atoms with Crippen LogP contribution >= 0.6 is 11.6 Å². The second kappa shape index (κ2) is 6.60. The third-order valence-corrected chi connectivity index (χ3v) is 5.78. The van der Waals surface area contributed by atoms with Gasteiger partial charge >= 0.3 is 6.09 Å². The van der Waals surface area contributed by atoms with Crippen molar-refractivity contribution in [2.75, 3.05) is 6.61 Å². The molecule has 0 heterocycles. The summed E-state index contributed by atoms with van der Waals surface area (Å²) in [5.74, 6) is 0.919. The molecule has 0 aromatic heterocycles. The number of ether oxygens (including phenoxy) is 1. The third-order valence-electron chi connectivity index (χ3n) is 5.53. The molecule has 4 rings (SSSR count). The van der Waals surface area contributed by atoms with E-state index in [9.17, 15) is 9.59 Å². The highest BCUT2D eigenvalue weighted by Crippen LogP contribution is 2.59. The van der Waals surface area contributed by atoms with Crippen LogP contribution in [0.2, 0.25) is 5.02 Å². The molecule has 3 aliphatic carbocycles. The average Bonchev–Trinajstić information content (AvgIpc) is 2.55. The van der Waals surface area contributed by atoms with Gasteiger partial charge in [-0.05, 0) is 54.4 Å². The number of benzene rings is 1. The lowest BCUT2D eigenvalue weighted by molar-refractivity contribution is -0.00968. The maximum atomic E-state index is 11.9. The molecule has 2 bridgehead atoms. The minimum atomic E-state index is -0.711. The summed E-state index contributed by atoms with van der Waals surface area (Å²) in [6, 6.07) is 6.33. The molecular weight excluding hydrogens is 326 g/mol. The Bertz CT molecular complexity index is 678. The molecule has 1 fully saturated rings. The van der Waals surface area contributed by atoms with Crippen molar-refractivity contribution in [2.24, 2.45) is 17.3 Å². The van der Waals surface area contributed by atoms with Gasteiger partial charge in [-0.25, -0.2) is 4.79 Å². The lowest BCUT2D eigenvalue weighted by atomic mass is 9.48. The van der Waals surface area contributed by atoms with Crippen LogP contribution in [0.1, 0.15) is 43.5 Å². The van der Waals surface area contributed by atoms with Crippen molar-refractivity contribution >= 4 is 23.6 Å². The molecule has 2 amide bonds. The van der Waals surface area contributed by atoms with Gasteiger partial charge in [0.25, 0.3) is 5.91 Å². The molecule has 0 aliphatic heterocycles. The Kier molecular flexibility index (Phi) is 4.68. The zero-order valence-electron chi connectivity index (χ0n) is 14.0. The average molecular weight is 348 g/mol. The molecule has 1 aromatic rings. The number of halogens is 1. The highest BCUT2D eigenvalue weighted by Gasteiger charge is 2.50. The largest absolute Gasteiger partial charge is 0.449 e. The number of imide groups is 1. The lowest BCUT2D eigenvalue weighted by Gasteiger charge is -2.56. The quantitative estimate of drug-likeness (QED) is 0.810. The van der Waals surface area contributed by atoms with Crippen LogP contribution in [0.3, 0.4) is 0 Å². The van der Waals surface area contributed by atoms with Crippen molar-refractivity contribution in [3.8, 4) is 0 Å². The van der Waals surface area contributed by atoms with Crippen molar-refractivity contribution in [3.63, 3.8) is 0 Å². The minimum Gasteiger partial charge on any atom is -0.449 e. The number of alkyl carbamates (subject to hydrolysis) is 1. The zero-order chi connectivity index (χ0) is 17.3. The smallest absolute Gasteiger partial charge is 0.414 e. The molecule has 2 atom stereocenters. The summed E-state index contributed by atoms with van der Waals surface area (Å²) in [5.41, 5.74) is 2.13. The van der Waals surface area contributed by atoms with Crippen LogP contribution in [0.5, 0.6) is 0 Å². The highest BCUT2D eigenvalue weighted by molar-refractivity contribution is 6.30. The van der Waals surface area contributed by atoms with Crippen molar-refractivity contribution in [1.29, 1.82) is 0 Å². The van der Waals surface area contributed by atoms with Gasteiger partial charge in [0.05, 0.1) is 6.61 Å². The Morgan fingerprint density at radius 1 is 1.29 bits per heavy atom. The predicted octanol–water partition coefficient (Wildman–Crippen LogP) is 4.59. The summed E-state index contributed by atoms with van der Waals surface area (Å²) in [4.78, 5) is 23.7. The number of rotatable bonds is 4. The highest BCUT2D eigenvalue weighted by atomic mass is 35.5. The van der Waals surface area contributed by atoms with Gasteiger partial charge in [0.15, 0.2) is 0 Å². The molecule has 2 unspecified atom stereocenters. The molecule has 24 heavy (non-hydrogen) atoms. The Balaban J connectivity index is 1.44. The number of hydrogen-bond donors (Lipinski definition) is 1. The van der Waals surface area contributed by atoms with E-state index in [1.54, 1.807) is 24.3 Å². The molecule has 5 heteroatoms. The maximum Gasteiger partial charge on any atom is 0.414 e. The zero-order valence-corrected chi connectivity index (χ0v) is 14.7. The first-order valence-electron chi connectivity index (χ1n) is 8.30. The van der Waals surface area contributed by atoms with E-state index in [-0.39, 0.29) is 0 Å². The molecule has 1 saturated carbocycles. The monoisotopic (exact) mass is 347 g/mol. The van der Waals surface area contributed by atoms with Crippen LogP contribution < -0.4 is 5.32 Å². The van der Waals surface area contributed by atoms with E-state index in [0.717, 1.165) is 18.8 Å². The van der Waals surface area contributed by atoms with E-state index in [2.05, 4.69) is 25.2 Å². The van der Waals surface area contributed by atoms with E-state index in [1.165, 1.54) is 12.0 Å². The molecule has 128 valence electrons. The second-order valence-corrected chi connectivity index (χ2v) is 7.60. The van der Waals surface area contributed by atoms with Crippen LogP contribution in [0.4, 0.5) is 4.79 Å². The lowest BCUT2D eigenvalue weighted by Crippen LogP contribution is -2.48. The van der Waals surface area contributed by atoms with Gasteiger partial charge in [0.2, 0.25) is 0 Å². The number of amides is 2. The summed E-state index contributed by atoms with van der Waals surface area (Å²) < 4.78 is 5.16. The summed E-state index contributed by atoms with van der Waals surface area (Å²) in [6.45, 7) is 4.93. The van der Waals surface area contributed by atoms with E-state index >= 15 is 0 Å². The Morgan fingerprint density at radius 2 is 2.00 bits per heavy atom. The van der Waals surface area contributed by atoms with E-state index in [4.69, 9.17) is 16.3 Å². The van der Waals surface area contributed by atoms with Gasteiger partial charge in [-0.1, -0.05) is 37.1 Å². The Morgan fingerprint density at radius 3 is 2.62 bits per heavy atom. The van der Waals surface area contributed by atoms with Gasteiger partial charge in [0.1, 0.15) is 0 Å². The SMILES string of the molecule is CC1(C)C2CC=C(CCOC(=O)NC(=O)c3ccc(Cl)cc3)C1C2. The number of nitrogens with one attached hydrogen (secondary N) is 1. The molecule has 0 saturated heterocycles. The number of allylic oxidation sites excluding steroid dienone is 1. The number of fused-ring (bicyclic) bond motifs is 1. The number of carbonyl (C=O) groups excluding carboxylic acids is 2. The second-order valence-electron chi connectivity index (χ2n) is 7.17. The predicted molar refractivity (Wildman–Crippen MR) is 93.0 cm³/mol. The standard InChI is InChI=1S/C19H22ClNO3/c1-19(2)14-6-3-12(16(19)11-14)9-10-24-18(23)21-17(22)13-4-7-15(20)8-5-13/h3-5,7-8,14,16H,6,9-11H2,1-2H3,(H,21,22,23). The number of hydrogen-bond acceptors (Lipinski definition) is 3. The third kappa shape index (κ3) is 3.34. The molecule has 1 aromatic carbocycles. The van der Waals surface area contributed by atoms with Crippen molar-refractivity contribution < 1.29 is 14.3 Å². The van der Waals surface area contributed by atoms with Gasteiger partial charge in [-0.3, -0.25) is 10.1 Å². The van der Waals surface area contributed by atoms with Gasteiger partial charge < -0.3 is 4.74 Å². The normalized spacial score (nSPS) is 23.7. The van der Waals surface area contributed by atoms with Crippen LogP contribution in [0, 0.1) is 17.3 Å². The minimum absolute atomic E-state index is 0.294. The molecule has 1 N–H and O–H groups in total. The molecule has 0 spiro atoms. The van der Waals surface area contributed by atoms with Crippen molar-refractivity contribution in [3.05, 3.63) is 46.5 Å².